The van der Waals surface area contributed by atoms with Crippen molar-refractivity contribution in [2.75, 3.05) is 0 Å². The van der Waals surface area contributed by atoms with Crippen molar-refractivity contribution < 1.29 is 9.90 Å². The lowest BCUT2D eigenvalue weighted by Crippen LogP contribution is -2.07. The Hall–Kier alpha value is -1.10. The van der Waals surface area contributed by atoms with Crippen molar-refractivity contribution in [2.45, 2.75) is 0 Å². The molecule has 1 heterocycles. The molecule has 6 heteroatoms. The van der Waals surface area contributed by atoms with Gasteiger partial charge in [-0.2, -0.15) is 4.68 Å². The Kier molecular flexibility index (Phi) is 2.66. The molecule has 0 aliphatic heterocycles. The van der Waals surface area contributed by atoms with Crippen molar-refractivity contribution >= 4 is 18.5 Å². The lowest BCUT2D eigenvalue weighted by Gasteiger charge is -1.83. The monoisotopic (exact) mass is 149 g/mol. The zero-order valence-electron chi connectivity index (χ0n) is 4.26. The smallest absolute Gasteiger partial charge is 0.433 e. The normalized spacial score (nSPS) is 8.00. The molecule has 0 saturated heterocycles. The lowest BCUT2D eigenvalue weighted by atomic mass is 10.9. The summed E-state index contributed by atoms with van der Waals surface area (Å²) in [7, 11) is 0. The van der Waals surface area contributed by atoms with E-state index in [0.717, 1.165) is 4.68 Å². The van der Waals surface area contributed by atoms with Crippen LogP contribution < -0.4 is 0 Å². The van der Waals surface area contributed by atoms with E-state index in [1.165, 1.54) is 12.4 Å². The molecule has 0 aliphatic carbocycles. The minimum absolute atomic E-state index is 0. The van der Waals surface area contributed by atoms with Crippen molar-refractivity contribution in [3.63, 3.8) is 0 Å². The summed E-state index contributed by atoms with van der Waals surface area (Å²) in [4.78, 5) is 9.92. The number of nitrogens with zero attached hydrogens (tertiary/aromatic N) is 3. The molecule has 9 heavy (non-hydrogen) atoms. The van der Waals surface area contributed by atoms with Gasteiger partial charge in [0.1, 0.15) is 0 Å². The summed E-state index contributed by atoms with van der Waals surface area (Å²) in [5, 5.41) is 14.6. The van der Waals surface area contributed by atoms with E-state index in [-0.39, 0.29) is 12.4 Å². The fourth-order valence-corrected chi connectivity index (χ4v) is 0.310. The minimum Gasteiger partial charge on any atom is -0.463 e. The van der Waals surface area contributed by atoms with E-state index >= 15 is 0 Å². The van der Waals surface area contributed by atoms with Crippen LogP contribution in [0.25, 0.3) is 0 Å². The Morgan fingerprint density at radius 3 is 2.56 bits per heavy atom. The Labute approximate surface area is 56.7 Å². The first kappa shape index (κ1) is 7.90. The molecular formula is C3H4ClN3O2. The molecular weight excluding hydrogens is 146 g/mol. The SMILES string of the molecule is Cl.O=C(O)n1ccnn1. The quantitative estimate of drug-likeness (QED) is 0.573. The second-order valence-corrected chi connectivity index (χ2v) is 1.13. The van der Waals surface area contributed by atoms with E-state index in [4.69, 9.17) is 5.11 Å². The zero-order chi connectivity index (χ0) is 5.98. The van der Waals surface area contributed by atoms with Gasteiger partial charge < -0.3 is 5.11 Å². The third-order valence-corrected chi connectivity index (χ3v) is 0.619. The number of aromatic nitrogens is 3. The first-order valence-corrected chi connectivity index (χ1v) is 1.90. The summed E-state index contributed by atoms with van der Waals surface area (Å²) in [6.07, 6.45) is 1.43. The molecule has 0 saturated carbocycles. The van der Waals surface area contributed by atoms with Gasteiger partial charge in [-0.25, -0.2) is 4.79 Å². The van der Waals surface area contributed by atoms with Gasteiger partial charge in [-0.05, 0) is 0 Å². The van der Waals surface area contributed by atoms with Crippen LogP contribution in [-0.2, 0) is 0 Å². The van der Waals surface area contributed by atoms with Gasteiger partial charge in [-0.15, -0.1) is 17.5 Å². The maximum atomic E-state index is 9.92. The lowest BCUT2D eigenvalue weighted by molar-refractivity contribution is 0.192. The standard InChI is InChI=1S/C3H3N3O2.ClH/c7-3(8)6-2-1-4-5-6;/h1-2H,(H,7,8);1H. The minimum atomic E-state index is -1.12. The van der Waals surface area contributed by atoms with Crippen LogP contribution in [-0.4, -0.2) is 26.2 Å². The van der Waals surface area contributed by atoms with E-state index < -0.39 is 6.09 Å². The van der Waals surface area contributed by atoms with Gasteiger partial charge in [-0.3, -0.25) is 0 Å². The maximum Gasteiger partial charge on any atom is 0.433 e. The second-order valence-electron chi connectivity index (χ2n) is 1.13. The topological polar surface area (TPSA) is 68.0 Å². The Morgan fingerprint density at radius 1 is 1.67 bits per heavy atom. The summed E-state index contributed by atoms with van der Waals surface area (Å²) in [5.41, 5.74) is 0. The van der Waals surface area contributed by atoms with Crippen LogP contribution in [0.5, 0.6) is 0 Å². The number of hydrogen-bond acceptors (Lipinski definition) is 3. The Bertz CT molecular complexity index is 185. The highest BCUT2D eigenvalue weighted by molar-refractivity contribution is 5.85. The first-order valence-electron chi connectivity index (χ1n) is 1.90. The fourth-order valence-electron chi connectivity index (χ4n) is 0.310. The van der Waals surface area contributed by atoms with Crippen molar-refractivity contribution in [3.05, 3.63) is 12.4 Å². The van der Waals surface area contributed by atoms with Crippen molar-refractivity contribution in [3.8, 4) is 0 Å². The van der Waals surface area contributed by atoms with E-state index in [1.54, 1.807) is 0 Å². The van der Waals surface area contributed by atoms with Gasteiger partial charge in [-0.1, -0.05) is 5.21 Å². The molecule has 0 atom stereocenters. The van der Waals surface area contributed by atoms with Crippen LogP contribution in [0.1, 0.15) is 0 Å². The molecule has 50 valence electrons. The molecule has 1 aromatic rings. The zero-order valence-corrected chi connectivity index (χ0v) is 5.08. The molecule has 0 amide bonds. The number of hydrogen-bond donors (Lipinski definition) is 1. The largest absolute Gasteiger partial charge is 0.463 e. The molecule has 0 spiro atoms. The molecule has 0 fully saturated rings. The molecule has 5 nitrogen and oxygen atoms in total. The third kappa shape index (κ3) is 1.69. The van der Waals surface area contributed by atoms with E-state index in [1.807, 2.05) is 0 Å². The summed E-state index contributed by atoms with van der Waals surface area (Å²) in [5.74, 6) is 0. The van der Waals surface area contributed by atoms with Crippen LogP contribution in [0.3, 0.4) is 0 Å². The number of halogens is 1. The molecule has 0 unspecified atom stereocenters. The highest BCUT2D eigenvalue weighted by Gasteiger charge is 1.96. The number of carboxylic acid groups (broad SMARTS) is 1. The maximum absolute atomic E-state index is 9.92. The van der Waals surface area contributed by atoms with Gasteiger partial charge in [0.05, 0.1) is 12.4 Å². The van der Waals surface area contributed by atoms with Crippen LogP contribution in [0.2, 0.25) is 0 Å². The van der Waals surface area contributed by atoms with Crippen molar-refractivity contribution in [1.82, 2.24) is 15.0 Å². The van der Waals surface area contributed by atoms with Gasteiger partial charge >= 0.3 is 6.09 Å². The number of carbonyl (C=O) groups is 1. The average molecular weight is 150 g/mol. The summed E-state index contributed by atoms with van der Waals surface area (Å²) in [6.45, 7) is 0. The molecule has 0 bridgehead atoms. The highest BCUT2D eigenvalue weighted by atomic mass is 35.5. The van der Waals surface area contributed by atoms with E-state index in [2.05, 4.69) is 10.3 Å². The van der Waals surface area contributed by atoms with Crippen molar-refractivity contribution in [2.24, 2.45) is 0 Å². The van der Waals surface area contributed by atoms with Crippen molar-refractivity contribution in [1.29, 1.82) is 0 Å². The predicted octanol–water partition coefficient (Wildman–Crippen LogP) is 0.226. The molecule has 1 aromatic heterocycles. The average Bonchev–Trinajstić information content (AvgIpc) is 2.12. The van der Waals surface area contributed by atoms with Gasteiger partial charge in [0.2, 0.25) is 0 Å². The number of rotatable bonds is 0. The Morgan fingerprint density at radius 2 is 2.33 bits per heavy atom. The molecule has 0 aliphatic rings. The predicted molar refractivity (Wildman–Crippen MR) is 30.7 cm³/mol. The summed E-state index contributed by atoms with van der Waals surface area (Å²) in [6, 6.07) is 0. The van der Waals surface area contributed by atoms with Crippen LogP contribution in [0.4, 0.5) is 4.79 Å². The summed E-state index contributed by atoms with van der Waals surface area (Å²) < 4.78 is 0.722. The van der Waals surface area contributed by atoms with Gasteiger partial charge in [0.15, 0.2) is 0 Å². The molecule has 0 radical (unpaired) electrons. The Balaban J connectivity index is 0.000000640. The van der Waals surface area contributed by atoms with E-state index in [9.17, 15) is 4.79 Å². The van der Waals surface area contributed by atoms with E-state index in [0.29, 0.717) is 0 Å². The second kappa shape index (κ2) is 3.03. The third-order valence-electron chi connectivity index (χ3n) is 0.619. The fraction of sp³-hybridized carbons (Fsp3) is 0. The molecule has 1 rings (SSSR count). The highest BCUT2D eigenvalue weighted by Crippen LogP contribution is 1.76. The first-order chi connectivity index (χ1) is 3.80. The molecule has 1 N–H and O–H groups in total. The summed E-state index contributed by atoms with van der Waals surface area (Å²) >= 11 is 0. The van der Waals surface area contributed by atoms with Gasteiger partial charge in [0, 0.05) is 0 Å². The molecule has 0 aromatic carbocycles. The van der Waals surface area contributed by atoms with Gasteiger partial charge in [0.25, 0.3) is 0 Å². The van der Waals surface area contributed by atoms with Crippen LogP contribution in [0.15, 0.2) is 12.4 Å². The van der Waals surface area contributed by atoms with Crippen LogP contribution in [0, 0.1) is 0 Å². The van der Waals surface area contributed by atoms with Crippen LogP contribution >= 0.6 is 12.4 Å².